The molecule has 1 fully saturated rings. The van der Waals surface area contributed by atoms with Crippen LogP contribution in [0.15, 0.2) is 48.5 Å². The summed E-state index contributed by atoms with van der Waals surface area (Å²) >= 11 is 0.830. The maximum absolute atomic E-state index is 12.6. The molecule has 3 rings (SSSR count). The van der Waals surface area contributed by atoms with Crippen molar-refractivity contribution in [3.63, 3.8) is 0 Å². The number of esters is 1. The highest BCUT2D eigenvalue weighted by Crippen LogP contribution is 2.29. The molecule has 1 heterocycles. The van der Waals surface area contributed by atoms with E-state index in [4.69, 9.17) is 9.84 Å². The minimum Gasteiger partial charge on any atom is -0.478 e. The van der Waals surface area contributed by atoms with Gasteiger partial charge in [0, 0.05) is 5.69 Å². The van der Waals surface area contributed by atoms with Crippen molar-refractivity contribution in [3.05, 3.63) is 65.2 Å². The molecule has 0 aliphatic carbocycles. The van der Waals surface area contributed by atoms with Crippen molar-refractivity contribution in [1.29, 1.82) is 0 Å². The van der Waals surface area contributed by atoms with E-state index < -0.39 is 28.5 Å². The number of ether oxygens (including phenoxy) is 1. The molecule has 8 nitrogen and oxygen atoms in total. The SMILES string of the molecule is CCOC(=O)c1ccc(CN2C(=O)SC(Nc3cccc(C(=O)O)c3)C2=O)cc1. The van der Waals surface area contributed by atoms with E-state index in [-0.39, 0.29) is 18.7 Å². The monoisotopic (exact) mass is 414 g/mol. The van der Waals surface area contributed by atoms with Gasteiger partial charge in [-0.25, -0.2) is 9.59 Å². The van der Waals surface area contributed by atoms with Crippen molar-refractivity contribution in [2.45, 2.75) is 18.8 Å². The molecule has 0 aromatic heterocycles. The average molecular weight is 414 g/mol. The van der Waals surface area contributed by atoms with Crippen LogP contribution in [0.25, 0.3) is 0 Å². The summed E-state index contributed by atoms with van der Waals surface area (Å²) in [5, 5.41) is 10.7. The number of rotatable bonds is 7. The Hall–Kier alpha value is -3.33. The van der Waals surface area contributed by atoms with Crippen molar-refractivity contribution in [1.82, 2.24) is 4.90 Å². The predicted molar refractivity (Wildman–Crippen MR) is 107 cm³/mol. The third kappa shape index (κ3) is 4.75. The van der Waals surface area contributed by atoms with Crippen molar-refractivity contribution >= 4 is 40.5 Å². The van der Waals surface area contributed by atoms with Crippen LogP contribution >= 0.6 is 11.8 Å². The molecular formula is C20H18N2O6S. The molecule has 1 unspecified atom stereocenters. The van der Waals surface area contributed by atoms with E-state index in [1.54, 1.807) is 43.3 Å². The maximum atomic E-state index is 12.6. The van der Waals surface area contributed by atoms with Crippen LogP contribution in [0.3, 0.4) is 0 Å². The number of carbonyl (C=O) groups excluding carboxylic acids is 3. The van der Waals surface area contributed by atoms with Gasteiger partial charge in [0.1, 0.15) is 0 Å². The van der Waals surface area contributed by atoms with Crippen LogP contribution in [0.2, 0.25) is 0 Å². The predicted octanol–water partition coefficient (Wildman–Crippen LogP) is 3.20. The lowest BCUT2D eigenvalue weighted by Gasteiger charge is -2.15. The smallest absolute Gasteiger partial charge is 0.338 e. The summed E-state index contributed by atoms with van der Waals surface area (Å²) in [6, 6.07) is 12.5. The van der Waals surface area contributed by atoms with Gasteiger partial charge in [0.2, 0.25) is 0 Å². The Bertz CT molecular complexity index is 960. The highest BCUT2D eigenvalue weighted by atomic mass is 32.2. The van der Waals surface area contributed by atoms with Gasteiger partial charge in [0.25, 0.3) is 11.1 Å². The van der Waals surface area contributed by atoms with Gasteiger partial charge in [-0.2, -0.15) is 0 Å². The largest absolute Gasteiger partial charge is 0.478 e. The Kier molecular flexibility index (Phi) is 6.18. The second-order valence-electron chi connectivity index (χ2n) is 6.14. The summed E-state index contributed by atoms with van der Waals surface area (Å²) < 4.78 is 4.92. The van der Waals surface area contributed by atoms with Crippen molar-refractivity contribution in [2.24, 2.45) is 0 Å². The fraction of sp³-hybridized carbons (Fsp3) is 0.200. The fourth-order valence-corrected chi connectivity index (χ4v) is 3.62. The molecular weight excluding hydrogens is 396 g/mol. The van der Waals surface area contributed by atoms with Gasteiger partial charge in [0.15, 0.2) is 5.37 Å². The number of hydrogen-bond acceptors (Lipinski definition) is 7. The Morgan fingerprint density at radius 1 is 1.14 bits per heavy atom. The highest BCUT2D eigenvalue weighted by Gasteiger charge is 2.39. The quantitative estimate of drug-likeness (QED) is 0.664. The topological polar surface area (TPSA) is 113 Å². The lowest BCUT2D eigenvalue weighted by molar-refractivity contribution is -0.126. The van der Waals surface area contributed by atoms with Crippen LogP contribution in [0.1, 0.15) is 33.2 Å². The molecule has 0 saturated carbocycles. The number of hydrogen-bond donors (Lipinski definition) is 2. The number of nitrogens with one attached hydrogen (secondary N) is 1. The zero-order valence-electron chi connectivity index (χ0n) is 15.5. The Balaban J connectivity index is 1.67. The molecule has 0 spiro atoms. The molecule has 1 atom stereocenters. The Morgan fingerprint density at radius 2 is 1.86 bits per heavy atom. The van der Waals surface area contributed by atoms with E-state index in [9.17, 15) is 19.2 Å². The Morgan fingerprint density at radius 3 is 2.52 bits per heavy atom. The van der Waals surface area contributed by atoms with Crippen LogP contribution < -0.4 is 5.32 Å². The van der Waals surface area contributed by atoms with E-state index in [0.29, 0.717) is 16.8 Å². The molecule has 1 aliphatic heterocycles. The first-order valence-electron chi connectivity index (χ1n) is 8.77. The number of carboxylic acid groups (broad SMARTS) is 1. The van der Waals surface area contributed by atoms with Crippen LogP contribution in [0, 0.1) is 0 Å². The van der Waals surface area contributed by atoms with Gasteiger partial charge in [-0.3, -0.25) is 14.5 Å². The van der Waals surface area contributed by atoms with Crippen LogP contribution in [0.4, 0.5) is 10.5 Å². The summed E-state index contributed by atoms with van der Waals surface area (Å²) in [5.74, 6) is -1.94. The third-order valence-corrected chi connectivity index (χ3v) is 5.12. The summed E-state index contributed by atoms with van der Waals surface area (Å²) in [6.07, 6.45) is 0. The van der Waals surface area contributed by atoms with Crippen LogP contribution in [0.5, 0.6) is 0 Å². The van der Waals surface area contributed by atoms with Crippen molar-refractivity contribution in [2.75, 3.05) is 11.9 Å². The summed E-state index contributed by atoms with van der Waals surface area (Å²) in [6.45, 7) is 2.07. The molecule has 9 heteroatoms. The van der Waals surface area contributed by atoms with E-state index >= 15 is 0 Å². The van der Waals surface area contributed by atoms with Gasteiger partial charge >= 0.3 is 11.9 Å². The molecule has 0 radical (unpaired) electrons. The molecule has 2 aromatic carbocycles. The first kappa shape index (κ1) is 20.4. The van der Waals surface area contributed by atoms with E-state index in [2.05, 4.69) is 5.32 Å². The van der Waals surface area contributed by atoms with Crippen molar-refractivity contribution < 1.29 is 29.0 Å². The second kappa shape index (κ2) is 8.78. The molecule has 150 valence electrons. The number of imide groups is 1. The zero-order chi connectivity index (χ0) is 21.0. The number of amides is 2. The second-order valence-corrected chi connectivity index (χ2v) is 7.19. The van der Waals surface area contributed by atoms with Gasteiger partial charge in [0.05, 0.1) is 24.3 Å². The van der Waals surface area contributed by atoms with E-state index in [1.165, 1.54) is 12.1 Å². The summed E-state index contributed by atoms with van der Waals surface area (Å²) in [7, 11) is 0. The molecule has 0 bridgehead atoms. The van der Waals surface area contributed by atoms with Gasteiger partial charge < -0.3 is 15.2 Å². The number of nitrogens with zero attached hydrogens (tertiary/aromatic N) is 1. The molecule has 29 heavy (non-hydrogen) atoms. The number of benzene rings is 2. The molecule has 2 N–H and O–H groups in total. The fourth-order valence-electron chi connectivity index (χ4n) is 2.72. The van der Waals surface area contributed by atoms with Crippen LogP contribution in [-0.4, -0.2) is 45.1 Å². The van der Waals surface area contributed by atoms with Gasteiger partial charge in [-0.05, 0) is 54.6 Å². The van der Waals surface area contributed by atoms with Gasteiger partial charge in [-0.1, -0.05) is 18.2 Å². The van der Waals surface area contributed by atoms with E-state index in [1.807, 2.05) is 0 Å². The molecule has 1 saturated heterocycles. The highest BCUT2D eigenvalue weighted by molar-refractivity contribution is 8.15. The summed E-state index contributed by atoms with van der Waals surface area (Å²) in [4.78, 5) is 48.8. The third-order valence-electron chi connectivity index (χ3n) is 4.14. The van der Waals surface area contributed by atoms with Crippen molar-refractivity contribution in [3.8, 4) is 0 Å². The number of anilines is 1. The maximum Gasteiger partial charge on any atom is 0.338 e. The number of carboxylic acids is 1. The molecule has 1 aliphatic rings. The minimum atomic E-state index is -1.08. The number of thioether (sulfide) groups is 1. The standard InChI is InChI=1S/C20H18N2O6S/c1-2-28-19(26)13-8-6-12(7-9-13)11-22-17(23)16(29-20(22)27)21-15-5-3-4-14(10-15)18(24)25/h3-10,16,21H,2,11H2,1H3,(H,24,25). The van der Waals surface area contributed by atoms with E-state index in [0.717, 1.165) is 16.7 Å². The Labute approximate surface area is 170 Å². The lowest BCUT2D eigenvalue weighted by atomic mass is 10.1. The number of carbonyl (C=O) groups is 4. The first-order chi connectivity index (χ1) is 13.9. The molecule has 2 aromatic rings. The van der Waals surface area contributed by atoms with Crippen LogP contribution in [-0.2, 0) is 16.1 Å². The summed E-state index contributed by atoms with van der Waals surface area (Å²) in [5.41, 5.74) is 1.59. The zero-order valence-corrected chi connectivity index (χ0v) is 16.3. The average Bonchev–Trinajstić information content (AvgIpc) is 2.96. The van der Waals surface area contributed by atoms with Gasteiger partial charge in [-0.15, -0.1) is 0 Å². The minimum absolute atomic E-state index is 0.0706. The first-order valence-corrected chi connectivity index (χ1v) is 9.65. The molecule has 2 amide bonds. The number of aromatic carboxylic acids is 1. The lowest BCUT2D eigenvalue weighted by Crippen LogP contribution is -2.34. The normalized spacial score (nSPS) is 16.0.